The van der Waals surface area contributed by atoms with E-state index < -0.39 is 0 Å². The zero-order chi connectivity index (χ0) is 25.7. The Balaban J connectivity index is 1.39. The third-order valence-electron chi connectivity index (χ3n) is 7.03. The largest absolute Gasteiger partial charge is 0.478 e. The molecule has 7 nitrogen and oxygen atoms in total. The molecular weight excluding hydrogens is 521 g/mol. The van der Waals surface area contributed by atoms with Gasteiger partial charge in [0.1, 0.15) is 0 Å². The van der Waals surface area contributed by atoms with E-state index in [1.165, 1.54) is 0 Å². The van der Waals surface area contributed by atoms with E-state index in [0.29, 0.717) is 40.6 Å². The highest BCUT2D eigenvalue weighted by Gasteiger charge is 2.38. The van der Waals surface area contributed by atoms with Gasteiger partial charge in [-0.1, -0.05) is 40.9 Å². The molecule has 2 saturated heterocycles. The van der Waals surface area contributed by atoms with Crippen LogP contribution >= 0.6 is 34.8 Å². The highest BCUT2D eigenvalue weighted by molar-refractivity contribution is 6.42. The number of hydrogen-bond donors (Lipinski definition) is 0. The second kappa shape index (κ2) is 12.7. The highest BCUT2D eigenvalue weighted by atomic mass is 35.5. The van der Waals surface area contributed by atoms with Gasteiger partial charge in [0.25, 0.3) is 0 Å². The van der Waals surface area contributed by atoms with Crippen molar-refractivity contribution >= 4 is 40.8 Å². The molecule has 1 aromatic heterocycles. The minimum atomic E-state index is 0.120. The van der Waals surface area contributed by atoms with Gasteiger partial charge in [0.2, 0.25) is 5.88 Å². The molecule has 0 spiro atoms. The van der Waals surface area contributed by atoms with Crippen LogP contribution in [0.15, 0.2) is 36.5 Å². The molecule has 2 amide bonds. The number of nitrogens with zero attached hydrogens (tertiary/aromatic N) is 5. The standard InChI is InChI=1S/C26H34Cl3N5O2/c1-31(2)8-9-32-10-12-33(13-11-32)26(35)34-17-20(7-14-36-25-6-4-21(27)16-30-25)22(18-34)19-3-5-23(28)24(29)15-19/h3-6,15-16,20,22H,7-14,17-18H2,1-2H3. The van der Waals surface area contributed by atoms with Crippen molar-refractivity contribution in [3.05, 3.63) is 57.2 Å². The molecular formula is C26H34Cl3N5O2. The number of amides is 2. The van der Waals surface area contributed by atoms with E-state index in [1.807, 2.05) is 28.0 Å². The molecule has 2 fully saturated rings. The number of carbonyl (C=O) groups excluding carboxylic acids is 1. The molecule has 2 aromatic rings. The predicted octanol–water partition coefficient (Wildman–Crippen LogP) is 4.83. The first kappa shape index (κ1) is 27.3. The molecule has 2 aliphatic heterocycles. The third kappa shape index (κ3) is 7.17. The first-order valence-electron chi connectivity index (χ1n) is 12.4. The van der Waals surface area contributed by atoms with Gasteiger partial charge in [-0.2, -0.15) is 0 Å². The SMILES string of the molecule is CN(C)CCN1CCN(C(=O)N2CC(CCOc3ccc(Cl)cn3)C(c3ccc(Cl)c(Cl)c3)C2)CC1. The number of aromatic nitrogens is 1. The number of carbonyl (C=O) groups is 1. The number of urea groups is 1. The average Bonchev–Trinajstić information content (AvgIpc) is 3.29. The molecule has 36 heavy (non-hydrogen) atoms. The van der Waals surface area contributed by atoms with Crippen LogP contribution in [0.4, 0.5) is 4.79 Å². The van der Waals surface area contributed by atoms with Crippen LogP contribution in [0.2, 0.25) is 15.1 Å². The fourth-order valence-corrected chi connectivity index (χ4v) is 5.33. The van der Waals surface area contributed by atoms with Crippen LogP contribution in [0.25, 0.3) is 0 Å². The Morgan fingerprint density at radius 2 is 1.81 bits per heavy atom. The number of likely N-dealkylation sites (tertiary alicyclic amines) is 1. The minimum absolute atomic E-state index is 0.120. The number of hydrogen-bond acceptors (Lipinski definition) is 5. The lowest BCUT2D eigenvalue weighted by atomic mass is 9.87. The number of rotatable bonds is 8. The van der Waals surface area contributed by atoms with Crippen LogP contribution in [0.5, 0.6) is 5.88 Å². The number of pyridine rings is 1. The number of benzene rings is 1. The van der Waals surface area contributed by atoms with Gasteiger partial charge >= 0.3 is 6.03 Å². The normalized spacial score (nSPS) is 20.8. The van der Waals surface area contributed by atoms with Crippen LogP contribution in [-0.4, -0.2) is 104 Å². The highest BCUT2D eigenvalue weighted by Crippen LogP contribution is 2.37. The molecule has 0 aliphatic carbocycles. The number of piperazine rings is 1. The van der Waals surface area contributed by atoms with E-state index in [2.05, 4.69) is 28.9 Å². The Morgan fingerprint density at radius 1 is 1.03 bits per heavy atom. The molecule has 3 heterocycles. The summed E-state index contributed by atoms with van der Waals surface area (Å²) >= 11 is 18.4. The maximum absolute atomic E-state index is 13.5. The second-order valence-electron chi connectivity index (χ2n) is 9.81. The van der Waals surface area contributed by atoms with Gasteiger partial charge in [-0.25, -0.2) is 9.78 Å². The summed E-state index contributed by atoms with van der Waals surface area (Å²) in [6.07, 6.45) is 2.36. The molecule has 0 bridgehead atoms. The fraction of sp³-hybridized carbons (Fsp3) is 0.538. The van der Waals surface area contributed by atoms with Crippen molar-refractivity contribution < 1.29 is 9.53 Å². The van der Waals surface area contributed by atoms with Crippen molar-refractivity contribution in [2.75, 3.05) is 73.1 Å². The van der Waals surface area contributed by atoms with Crippen LogP contribution in [0, 0.1) is 5.92 Å². The first-order chi connectivity index (χ1) is 17.3. The van der Waals surface area contributed by atoms with Crippen LogP contribution < -0.4 is 4.74 Å². The van der Waals surface area contributed by atoms with Gasteiger partial charge in [-0.05, 0) is 50.2 Å². The molecule has 0 radical (unpaired) electrons. The van der Waals surface area contributed by atoms with E-state index in [4.69, 9.17) is 39.5 Å². The van der Waals surface area contributed by atoms with Crippen molar-refractivity contribution in [1.82, 2.24) is 24.6 Å². The Hall–Kier alpha value is -1.77. The second-order valence-corrected chi connectivity index (χ2v) is 11.1. The molecule has 0 saturated carbocycles. The van der Waals surface area contributed by atoms with Crippen LogP contribution in [0.3, 0.4) is 0 Å². The monoisotopic (exact) mass is 553 g/mol. The molecule has 2 atom stereocenters. The van der Waals surface area contributed by atoms with E-state index in [-0.39, 0.29) is 17.9 Å². The Bertz CT molecular complexity index is 1020. The van der Waals surface area contributed by atoms with E-state index in [1.54, 1.807) is 18.3 Å². The Kier molecular flexibility index (Phi) is 9.58. The van der Waals surface area contributed by atoms with Crippen LogP contribution in [-0.2, 0) is 0 Å². The van der Waals surface area contributed by atoms with E-state index in [0.717, 1.165) is 51.3 Å². The minimum Gasteiger partial charge on any atom is -0.478 e. The van der Waals surface area contributed by atoms with E-state index in [9.17, 15) is 4.79 Å². The van der Waals surface area contributed by atoms with E-state index >= 15 is 0 Å². The molecule has 2 unspecified atom stereocenters. The van der Waals surface area contributed by atoms with Gasteiger partial charge in [-0.15, -0.1) is 0 Å². The summed E-state index contributed by atoms with van der Waals surface area (Å²) in [7, 11) is 4.18. The van der Waals surface area contributed by atoms with Gasteiger partial charge < -0.3 is 19.4 Å². The topological polar surface area (TPSA) is 52.2 Å². The Morgan fingerprint density at radius 3 is 2.47 bits per heavy atom. The summed E-state index contributed by atoms with van der Waals surface area (Å²) in [5.74, 6) is 0.940. The molecule has 10 heteroatoms. The number of ether oxygens (including phenoxy) is 1. The molecule has 4 rings (SSSR count). The number of halogens is 3. The summed E-state index contributed by atoms with van der Waals surface area (Å²) in [5, 5.41) is 1.64. The van der Waals surface area contributed by atoms with Crippen molar-refractivity contribution in [3.63, 3.8) is 0 Å². The molecule has 1 aromatic carbocycles. The fourth-order valence-electron chi connectivity index (χ4n) is 4.91. The summed E-state index contributed by atoms with van der Waals surface area (Å²) in [5.41, 5.74) is 1.10. The lowest BCUT2D eigenvalue weighted by Crippen LogP contribution is -2.53. The Labute approximate surface area is 228 Å². The first-order valence-corrected chi connectivity index (χ1v) is 13.5. The summed E-state index contributed by atoms with van der Waals surface area (Å²) in [4.78, 5) is 26.3. The van der Waals surface area contributed by atoms with Crippen molar-refractivity contribution in [2.45, 2.75) is 12.3 Å². The average molecular weight is 555 g/mol. The quantitative estimate of drug-likeness (QED) is 0.468. The predicted molar refractivity (Wildman–Crippen MR) is 146 cm³/mol. The zero-order valence-corrected chi connectivity index (χ0v) is 23.1. The number of likely N-dealkylation sites (N-methyl/N-ethyl adjacent to an activating group) is 1. The van der Waals surface area contributed by atoms with Crippen LogP contribution in [0.1, 0.15) is 17.9 Å². The smallest absolute Gasteiger partial charge is 0.320 e. The molecule has 2 aliphatic rings. The summed E-state index contributed by atoms with van der Waals surface area (Å²) < 4.78 is 5.87. The van der Waals surface area contributed by atoms with Gasteiger partial charge in [0.15, 0.2) is 0 Å². The lowest BCUT2D eigenvalue weighted by molar-refractivity contribution is 0.113. The third-order valence-corrected chi connectivity index (χ3v) is 7.99. The summed E-state index contributed by atoms with van der Waals surface area (Å²) in [6, 6.07) is 9.43. The zero-order valence-electron chi connectivity index (χ0n) is 20.9. The van der Waals surface area contributed by atoms with Crippen molar-refractivity contribution in [2.24, 2.45) is 5.92 Å². The maximum Gasteiger partial charge on any atom is 0.320 e. The lowest BCUT2D eigenvalue weighted by Gasteiger charge is -2.37. The van der Waals surface area contributed by atoms with Gasteiger partial charge in [0.05, 0.1) is 21.7 Å². The molecule has 196 valence electrons. The maximum atomic E-state index is 13.5. The van der Waals surface area contributed by atoms with Gasteiger partial charge in [-0.3, -0.25) is 4.90 Å². The molecule has 0 N–H and O–H groups in total. The van der Waals surface area contributed by atoms with Gasteiger partial charge in [0, 0.05) is 70.5 Å². The van der Waals surface area contributed by atoms with Crippen molar-refractivity contribution in [1.29, 1.82) is 0 Å². The summed E-state index contributed by atoms with van der Waals surface area (Å²) in [6.45, 7) is 7.24. The van der Waals surface area contributed by atoms with Crippen molar-refractivity contribution in [3.8, 4) is 5.88 Å².